The minimum absolute atomic E-state index is 0.449. The van der Waals surface area contributed by atoms with E-state index in [4.69, 9.17) is 11.6 Å². The number of rotatable bonds is 5. The Kier molecular flexibility index (Phi) is 3.95. The van der Waals surface area contributed by atoms with Gasteiger partial charge < -0.3 is 4.57 Å². The van der Waals surface area contributed by atoms with Crippen molar-refractivity contribution in [3.8, 4) is 0 Å². The largest absolute Gasteiger partial charge is 0.309 e. The fourth-order valence-electron chi connectivity index (χ4n) is 2.59. The van der Waals surface area contributed by atoms with Gasteiger partial charge in [-0.3, -0.25) is 0 Å². The molecule has 0 aromatic carbocycles. The summed E-state index contributed by atoms with van der Waals surface area (Å²) in [4.78, 5) is 4.66. The zero-order valence-corrected chi connectivity index (χ0v) is 12.3. The highest BCUT2D eigenvalue weighted by Gasteiger charge is 2.21. The van der Waals surface area contributed by atoms with Crippen molar-refractivity contribution in [3.05, 3.63) is 11.5 Å². The number of halogens is 1. The summed E-state index contributed by atoms with van der Waals surface area (Å²) in [5.41, 5.74) is 3.11. The van der Waals surface area contributed by atoms with Crippen LogP contribution < -0.4 is 0 Å². The number of aryl methyl sites for hydroxylation is 2. The van der Waals surface area contributed by atoms with Gasteiger partial charge in [0, 0.05) is 12.6 Å². The molecule has 2 aromatic heterocycles. The highest BCUT2D eigenvalue weighted by molar-refractivity contribution is 6.16. The van der Waals surface area contributed by atoms with Gasteiger partial charge in [-0.25, -0.2) is 9.67 Å². The molecule has 5 heteroatoms. The minimum atomic E-state index is 0.449. The molecule has 0 radical (unpaired) electrons. The fraction of sp³-hybridized carbons (Fsp3) is 0.692. The van der Waals surface area contributed by atoms with E-state index in [1.165, 1.54) is 0 Å². The third kappa shape index (κ3) is 1.92. The van der Waals surface area contributed by atoms with Crippen LogP contribution in [0.3, 0.4) is 0 Å². The van der Waals surface area contributed by atoms with Crippen molar-refractivity contribution < 1.29 is 0 Å². The van der Waals surface area contributed by atoms with Crippen molar-refractivity contribution >= 4 is 22.8 Å². The summed E-state index contributed by atoms with van der Waals surface area (Å²) in [6, 6.07) is 0.449. The van der Waals surface area contributed by atoms with Crippen molar-refractivity contribution in [1.29, 1.82) is 0 Å². The maximum Gasteiger partial charge on any atom is 0.159 e. The van der Waals surface area contributed by atoms with E-state index in [1.54, 1.807) is 0 Å². The Labute approximate surface area is 113 Å². The van der Waals surface area contributed by atoms with E-state index in [9.17, 15) is 0 Å². The number of fused-ring (bicyclic) bond motifs is 1. The molecule has 0 unspecified atom stereocenters. The average Bonchev–Trinajstić information content (AvgIpc) is 2.90. The van der Waals surface area contributed by atoms with Crippen LogP contribution in [0.4, 0.5) is 0 Å². The van der Waals surface area contributed by atoms with Crippen molar-refractivity contribution in [1.82, 2.24) is 19.3 Å². The van der Waals surface area contributed by atoms with Crippen molar-refractivity contribution in [2.75, 3.05) is 0 Å². The molecule has 0 atom stereocenters. The summed E-state index contributed by atoms with van der Waals surface area (Å²) in [6.07, 6.45) is 2.17. The quantitative estimate of drug-likeness (QED) is 0.776. The molecule has 0 bridgehead atoms. The molecule has 0 saturated carbocycles. The van der Waals surface area contributed by atoms with Gasteiger partial charge in [-0.05, 0) is 26.7 Å². The molecule has 0 aliphatic rings. The predicted molar refractivity (Wildman–Crippen MR) is 75.1 cm³/mol. The molecule has 2 rings (SSSR count). The number of hydrogen-bond acceptors (Lipinski definition) is 2. The van der Waals surface area contributed by atoms with Crippen molar-refractivity contribution in [2.45, 2.75) is 59.0 Å². The van der Waals surface area contributed by atoms with E-state index < -0.39 is 0 Å². The normalized spacial score (nSPS) is 11.9. The van der Waals surface area contributed by atoms with Crippen LogP contribution in [0, 0.1) is 6.92 Å². The molecule has 0 N–H and O–H groups in total. The summed E-state index contributed by atoms with van der Waals surface area (Å²) >= 11 is 6.05. The van der Waals surface area contributed by atoms with Crippen LogP contribution in [-0.4, -0.2) is 19.3 Å². The smallest absolute Gasteiger partial charge is 0.159 e. The van der Waals surface area contributed by atoms with Crippen LogP contribution in [0.2, 0.25) is 0 Å². The molecular formula is C13H21ClN4. The Morgan fingerprint density at radius 3 is 2.39 bits per heavy atom. The van der Waals surface area contributed by atoms with E-state index >= 15 is 0 Å². The first-order valence-corrected chi connectivity index (χ1v) is 7.21. The molecule has 2 aromatic rings. The molecular weight excluding hydrogens is 248 g/mol. The molecule has 100 valence electrons. The van der Waals surface area contributed by atoms with Crippen molar-refractivity contribution in [2.24, 2.45) is 0 Å². The summed E-state index contributed by atoms with van der Waals surface area (Å²) in [5.74, 6) is 1.41. The zero-order chi connectivity index (χ0) is 13.3. The Morgan fingerprint density at radius 1 is 1.22 bits per heavy atom. The number of aromatic nitrogens is 4. The van der Waals surface area contributed by atoms with Gasteiger partial charge >= 0.3 is 0 Å². The van der Waals surface area contributed by atoms with E-state index in [2.05, 4.69) is 35.4 Å². The summed E-state index contributed by atoms with van der Waals surface area (Å²) in [5, 5.41) is 4.55. The molecule has 4 nitrogen and oxygen atoms in total. The molecule has 18 heavy (non-hydrogen) atoms. The number of nitrogens with zero attached hydrogens (tertiary/aromatic N) is 4. The third-order valence-corrected chi connectivity index (χ3v) is 3.78. The van der Waals surface area contributed by atoms with Gasteiger partial charge in [0.25, 0.3) is 0 Å². The first kappa shape index (κ1) is 13.4. The topological polar surface area (TPSA) is 35.6 Å². The Bertz CT molecular complexity index is 537. The van der Waals surface area contributed by atoms with E-state index in [0.717, 1.165) is 42.1 Å². The van der Waals surface area contributed by atoms with E-state index in [-0.39, 0.29) is 0 Å². The highest BCUT2D eigenvalue weighted by atomic mass is 35.5. The second-order valence-electron chi connectivity index (χ2n) is 4.58. The highest BCUT2D eigenvalue weighted by Crippen LogP contribution is 2.27. The van der Waals surface area contributed by atoms with Gasteiger partial charge in [0.15, 0.2) is 5.65 Å². The first-order chi connectivity index (χ1) is 8.67. The van der Waals surface area contributed by atoms with Crippen LogP contribution in [0.1, 0.15) is 51.2 Å². The fourth-order valence-corrected chi connectivity index (χ4v) is 2.78. The lowest BCUT2D eigenvalue weighted by Crippen LogP contribution is -2.13. The van der Waals surface area contributed by atoms with E-state index in [0.29, 0.717) is 11.9 Å². The summed E-state index contributed by atoms with van der Waals surface area (Å²) in [6.45, 7) is 9.39. The SMILES string of the molecule is CCC(CC)n1c(CCl)nc2c(C)nn(CC)c21. The third-order valence-electron chi connectivity index (χ3n) is 3.54. The van der Waals surface area contributed by atoms with Gasteiger partial charge in [0.2, 0.25) is 0 Å². The van der Waals surface area contributed by atoms with Gasteiger partial charge in [0.1, 0.15) is 11.3 Å². The molecule has 0 spiro atoms. The monoisotopic (exact) mass is 268 g/mol. The Morgan fingerprint density at radius 2 is 1.89 bits per heavy atom. The molecule has 0 fully saturated rings. The number of hydrogen-bond donors (Lipinski definition) is 0. The van der Waals surface area contributed by atoms with Gasteiger partial charge in [-0.1, -0.05) is 13.8 Å². The van der Waals surface area contributed by atoms with Crippen LogP contribution in [0.5, 0.6) is 0 Å². The number of imidazole rings is 1. The lowest BCUT2D eigenvalue weighted by molar-refractivity contribution is 0.460. The second-order valence-corrected chi connectivity index (χ2v) is 4.84. The average molecular weight is 269 g/mol. The molecule has 0 aliphatic heterocycles. The lowest BCUT2D eigenvalue weighted by atomic mass is 10.1. The summed E-state index contributed by atoms with van der Waals surface area (Å²) < 4.78 is 4.32. The molecule has 0 saturated heterocycles. The van der Waals surface area contributed by atoms with Crippen LogP contribution in [0.15, 0.2) is 0 Å². The Hall–Kier alpha value is -1.03. The minimum Gasteiger partial charge on any atom is -0.309 e. The van der Waals surface area contributed by atoms with Crippen LogP contribution >= 0.6 is 11.6 Å². The van der Waals surface area contributed by atoms with Gasteiger partial charge in [-0.2, -0.15) is 5.10 Å². The second kappa shape index (κ2) is 5.31. The van der Waals surface area contributed by atoms with Crippen LogP contribution in [-0.2, 0) is 12.4 Å². The Balaban J connectivity index is 2.73. The lowest BCUT2D eigenvalue weighted by Gasteiger charge is -2.18. The van der Waals surface area contributed by atoms with E-state index in [1.807, 2.05) is 11.6 Å². The maximum atomic E-state index is 6.05. The standard InChI is InChI=1S/C13H21ClN4/c1-5-10(6-2)18-11(8-14)15-12-9(4)16-17(7-3)13(12)18/h10H,5-8H2,1-4H3. The zero-order valence-electron chi connectivity index (χ0n) is 11.6. The van der Waals surface area contributed by atoms with Crippen molar-refractivity contribution in [3.63, 3.8) is 0 Å². The molecule has 0 aliphatic carbocycles. The van der Waals surface area contributed by atoms with Gasteiger partial charge in [0.05, 0.1) is 11.6 Å². The molecule has 0 amide bonds. The summed E-state index contributed by atoms with van der Waals surface area (Å²) in [7, 11) is 0. The molecule has 2 heterocycles. The van der Waals surface area contributed by atoms with Crippen LogP contribution in [0.25, 0.3) is 11.2 Å². The predicted octanol–water partition coefficient (Wildman–Crippen LogP) is 3.66. The van der Waals surface area contributed by atoms with Gasteiger partial charge in [-0.15, -0.1) is 11.6 Å². The number of alkyl halides is 1. The first-order valence-electron chi connectivity index (χ1n) is 6.67. The maximum absolute atomic E-state index is 6.05.